The van der Waals surface area contributed by atoms with Crippen LogP contribution in [-0.4, -0.2) is 19.7 Å². The molecule has 0 fully saturated rings. The first kappa shape index (κ1) is 18.1. The molecule has 0 spiro atoms. The Bertz CT molecular complexity index is 939. The van der Waals surface area contributed by atoms with Crippen molar-refractivity contribution >= 4 is 17.2 Å². The highest BCUT2D eigenvalue weighted by atomic mass is 32.1. The fraction of sp³-hybridized carbons (Fsp3) is 0.154. The van der Waals surface area contributed by atoms with Gasteiger partial charge in [-0.05, 0) is 12.1 Å². The number of hydrogen-bond acceptors (Lipinski definition) is 5. The van der Waals surface area contributed by atoms with Crippen LogP contribution in [0.5, 0.6) is 0 Å². The van der Waals surface area contributed by atoms with E-state index in [1.165, 1.54) is 0 Å². The number of hydrogen-bond donors (Lipinski definition) is 1. The van der Waals surface area contributed by atoms with Crippen molar-refractivity contribution in [3.63, 3.8) is 0 Å². The van der Waals surface area contributed by atoms with Gasteiger partial charge in [0.15, 0.2) is 11.5 Å². The molecule has 2 N–H and O–H groups in total. The van der Waals surface area contributed by atoms with Crippen molar-refractivity contribution in [2.45, 2.75) is 12.4 Å². The number of nitrogens with two attached hydrogens (primary N) is 1. The normalized spacial score (nSPS) is 12.6. The van der Waals surface area contributed by atoms with Gasteiger partial charge in [-0.25, -0.2) is 14.4 Å². The highest BCUT2D eigenvalue weighted by Crippen LogP contribution is 2.45. The van der Waals surface area contributed by atoms with Crippen molar-refractivity contribution in [1.82, 2.24) is 19.7 Å². The largest absolute Gasteiger partial charge is 0.435 e. The Morgan fingerprint density at radius 2 is 1.58 bits per heavy atom. The first-order valence-corrected chi connectivity index (χ1v) is 7.41. The molecule has 0 unspecified atom stereocenters. The third-order valence-corrected chi connectivity index (χ3v) is 4.27. The molecule has 3 rings (SSSR count). The van der Waals surface area contributed by atoms with Crippen LogP contribution >= 0.6 is 11.3 Å². The minimum Gasteiger partial charge on any atom is -0.383 e. The van der Waals surface area contributed by atoms with E-state index in [0.29, 0.717) is 23.1 Å². The summed E-state index contributed by atoms with van der Waals surface area (Å²) < 4.78 is 91.5. The van der Waals surface area contributed by atoms with Gasteiger partial charge in [-0.15, -0.1) is 11.3 Å². The van der Waals surface area contributed by atoms with E-state index in [2.05, 4.69) is 15.1 Å². The number of nitrogens with zero attached hydrogens (tertiary/aromatic N) is 4. The number of nitrogen functional groups attached to an aromatic ring is 1. The second kappa shape index (κ2) is 5.93. The molecule has 3 aromatic heterocycles. The quantitative estimate of drug-likeness (QED) is 0.660. The Morgan fingerprint density at radius 3 is 2.08 bits per heavy atom. The van der Waals surface area contributed by atoms with Gasteiger partial charge < -0.3 is 5.73 Å². The average Bonchev–Trinajstić information content (AvgIpc) is 3.12. The van der Waals surface area contributed by atoms with Crippen LogP contribution < -0.4 is 5.73 Å². The Labute approximate surface area is 143 Å². The van der Waals surface area contributed by atoms with Crippen molar-refractivity contribution in [2.24, 2.45) is 0 Å². The SMILES string of the molecule is Nc1c(-c2ccc(C(F)(F)F)s2)c(C(F)(F)F)nn1-c1ncc(F)cn1. The molecule has 0 atom stereocenters. The molecule has 0 aliphatic rings. The van der Waals surface area contributed by atoms with Crippen LogP contribution in [0, 0.1) is 5.82 Å². The molecule has 0 aromatic carbocycles. The monoisotopic (exact) mass is 397 g/mol. The van der Waals surface area contributed by atoms with Crippen molar-refractivity contribution in [3.05, 3.63) is 40.9 Å². The van der Waals surface area contributed by atoms with E-state index in [1.54, 1.807) is 0 Å². The van der Waals surface area contributed by atoms with Gasteiger partial charge in [0, 0.05) is 4.88 Å². The van der Waals surface area contributed by atoms with Gasteiger partial charge in [0.05, 0.1) is 18.0 Å². The van der Waals surface area contributed by atoms with Gasteiger partial charge >= 0.3 is 12.4 Å². The first-order valence-electron chi connectivity index (χ1n) is 6.59. The van der Waals surface area contributed by atoms with E-state index < -0.39 is 46.1 Å². The Morgan fingerprint density at radius 1 is 0.962 bits per heavy atom. The van der Waals surface area contributed by atoms with Gasteiger partial charge in [0.2, 0.25) is 0 Å². The van der Waals surface area contributed by atoms with Gasteiger partial charge in [0.1, 0.15) is 10.7 Å². The highest BCUT2D eigenvalue weighted by Gasteiger charge is 2.41. The van der Waals surface area contributed by atoms with Crippen LogP contribution in [-0.2, 0) is 12.4 Å². The molecule has 0 aliphatic carbocycles. The summed E-state index contributed by atoms with van der Waals surface area (Å²) in [6, 6.07) is 1.51. The van der Waals surface area contributed by atoms with Gasteiger partial charge in [0.25, 0.3) is 5.95 Å². The summed E-state index contributed by atoms with van der Waals surface area (Å²) >= 11 is 0.0892. The van der Waals surface area contributed by atoms with Crippen LogP contribution in [0.4, 0.5) is 36.6 Å². The molecule has 3 aromatic rings. The van der Waals surface area contributed by atoms with Crippen molar-refractivity contribution in [1.29, 1.82) is 0 Å². The Hall–Kier alpha value is -2.70. The molecule has 3 heterocycles. The number of rotatable bonds is 2. The van der Waals surface area contributed by atoms with Crippen LogP contribution in [0.2, 0.25) is 0 Å². The van der Waals surface area contributed by atoms with Crippen LogP contribution in [0.15, 0.2) is 24.5 Å². The third kappa shape index (κ3) is 3.21. The van der Waals surface area contributed by atoms with Crippen molar-refractivity contribution < 1.29 is 30.7 Å². The highest BCUT2D eigenvalue weighted by molar-refractivity contribution is 7.15. The lowest BCUT2D eigenvalue weighted by Gasteiger charge is -2.05. The average molecular weight is 397 g/mol. The second-order valence-corrected chi connectivity index (χ2v) is 5.97. The molecular formula is C13H6F7N5S. The molecule has 0 radical (unpaired) electrons. The predicted molar refractivity (Wildman–Crippen MR) is 76.8 cm³/mol. The number of anilines is 1. The van der Waals surface area contributed by atoms with E-state index in [-0.39, 0.29) is 16.2 Å². The topological polar surface area (TPSA) is 69.6 Å². The number of alkyl halides is 6. The molecule has 138 valence electrons. The lowest BCUT2D eigenvalue weighted by molar-refractivity contribution is -0.140. The zero-order valence-electron chi connectivity index (χ0n) is 12.2. The van der Waals surface area contributed by atoms with E-state index in [9.17, 15) is 30.7 Å². The second-order valence-electron chi connectivity index (χ2n) is 4.88. The fourth-order valence-electron chi connectivity index (χ4n) is 2.06. The summed E-state index contributed by atoms with van der Waals surface area (Å²) in [5.41, 5.74) is 3.44. The van der Waals surface area contributed by atoms with Crippen molar-refractivity contribution in [2.75, 3.05) is 5.73 Å². The molecule has 5 nitrogen and oxygen atoms in total. The summed E-state index contributed by atoms with van der Waals surface area (Å²) in [6.07, 6.45) is -8.35. The lowest BCUT2D eigenvalue weighted by atomic mass is 10.2. The third-order valence-electron chi connectivity index (χ3n) is 3.12. The van der Waals surface area contributed by atoms with E-state index >= 15 is 0 Å². The summed E-state index contributed by atoms with van der Waals surface area (Å²) in [5, 5.41) is 3.27. The van der Waals surface area contributed by atoms with E-state index in [1.807, 2.05) is 0 Å². The molecule has 0 aliphatic heterocycles. The predicted octanol–water partition coefficient (Wildman–Crippen LogP) is 4.15. The van der Waals surface area contributed by atoms with Crippen LogP contribution in [0.1, 0.15) is 10.6 Å². The van der Waals surface area contributed by atoms with Gasteiger partial charge in [-0.2, -0.15) is 36.1 Å². The van der Waals surface area contributed by atoms with Gasteiger partial charge in [-0.1, -0.05) is 0 Å². The number of thiophene rings is 1. The number of aromatic nitrogens is 4. The summed E-state index contributed by atoms with van der Waals surface area (Å²) in [7, 11) is 0. The molecule has 0 saturated heterocycles. The Kier molecular flexibility index (Phi) is 4.13. The van der Waals surface area contributed by atoms with E-state index in [4.69, 9.17) is 5.73 Å². The molecule has 26 heavy (non-hydrogen) atoms. The summed E-state index contributed by atoms with van der Waals surface area (Å²) in [4.78, 5) is 5.48. The maximum atomic E-state index is 13.3. The minimum atomic E-state index is -5.00. The molecule has 0 saturated carbocycles. The zero-order valence-corrected chi connectivity index (χ0v) is 13.0. The summed E-state index contributed by atoms with van der Waals surface area (Å²) in [6.45, 7) is 0. The van der Waals surface area contributed by atoms with Gasteiger partial charge in [-0.3, -0.25) is 0 Å². The molecule has 0 bridgehead atoms. The molecular weight excluding hydrogens is 391 g/mol. The molecule has 0 amide bonds. The Balaban J connectivity index is 2.21. The number of halogens is 7. The zero-order chi connectivity index (χ0) is 19.3. The minimum absolute atomic E-state index is 0.0892. The van der Waals surface area contributed by atoms with E-state index in [0.717, 1.165) is 6.07 Å². The molecule has 13 heteroatoms. The fourth-order valence-corrected chi connectivity index (χ4v) is 2.99. The maximum absolute atomic E-state index is 13.3. The standard InChI is InChI=1S/C13H6F7N5S/c14-5-3-22-11(23-4-5)25-10(21)8(9(24-25)13(18,19)20)6-1-2-7(26-6)12(15,16)17/h1-4H,21H2. The van der Waals surface area contributed by atoms with Crippen LogP contribution in [0.3, 0.4) is 0 Å². The first-order chi connectivity index (χ1) is 12.0. The van der Waals surface area contributed by atoms with Crippen LogP contribution in [0.25, 0.3) is 16.4 Å². The van der Waals surface area contributed by atoms with Crippen molar-refractivity contribution in [3.8, 4) is 16.4 Å². The summed E-state index contributed by atoms with van der Waals surface area (Å²) in [5.74, 6) is -1.93. The smallest absolute Gasteiger partial charge is 0.383 e. The maximum Gasteiger partial charge on any atom is 0.435 e. The lowest BCUT2D eigenvalue weighted by Crippen LogP contribution is -2.10.